The van der Waals surface area contributed by atoms with E-state index in [0.29, 0.717) is 18.5 Å². The molecule has 0 saturated carbocycles. The van der Waals surface area contributed by atoms with Crippen LogP contribution in [0.4, 0.5) is 4.79 Å². The van der Waals surface area contributed by atoms with Gasteiger partial charge in [-0.2, -0.15) is 0 Å². The van der Waals surface area contributed by atoms with Gasteiger partial charge in [0.1, 0.15) is 12.1 Å². The van der Waals surface area contributed by atoms with Crippen LogP contribution in [0.15, 0.2) is 30.3 Å². The Morgan fingerprint density at radius 2 is 1.71 bits per heavy atom. The predicted octanol–water partition coefficient (Wildman–Crippen LogP) is -4.30. The normalized spacial score (nSPS) is 21.1. The zero-order valence-electron chi connectivity index (χ0n) is 19.5. The molecule has 184 valence electrons. The number of hydrogen-bond donors (Lipinski definition) is 2. The molecule has 0 radical (unpaired) electrons. The number of imide groups is 1. The van der Waals surface area contributed by atoms with Crippen molar-refractivity contribution in [2.75, 3.05) is 19.6 Å². The minimum Gasteiger partial charge on any atom is -0.731 e. The molecule has 2 aliphatic heterocycles. The maximum atomic E-state index is 13.1. The molecule has 3 atom stereocenters. The average Bonchev–Trinajstić information content (AvgIpc) is 2.80. The fraction of sp³-hybridized carbons (Fsp3) is 0.450. The van der Waals surface area contributed by atoms with E-state index in [1.807, 2.05) is 0 Å². The van der Waals surface area contributed by atoms with E-state index in [0.717, 1.165) is 4.90 Å². The molecule has 0 spiro atoms. The Morgan fingerprint density at radius 3 is 2.23 bits per heavy atom. The number of hydrogen-bond acceptors (Lipinski definition) is 8. The summed E-state index contributed by atoms with van der Waals surface area (Å²) in [6.45, 7) is 3.39. The summed E-state index contributed by atoms with van der Waals surface area (Å²) < 4.78 is 33.1. The third kappa shape index (κ3) is 6.01. The number of β-lactam (4-membered cyclic amide) rings is 1. The van der Waals surface area contributed by atoms with Crippen LogP contribution in [-0.2, 0) is 29.5 Å². The van der Waals surface area contributed by atoms with Gasteiger partial charge in [-0.25, -0.2) is 17.5 Å². The first-order chi connectivity index (χ1) is 16.0. The van der Waals surface area contributed by atoms with E-state index >= 15 is 0 Å². The Kier molecular flexibility index (Phi) is 9.42. The summed E-state index contributed by atoms with van der Waals surface area (Å²) in [4.78, 5) is 65.1. The maximum Gasteiger partial charge on any atom is 1.00 e. The molecule has 2 unspecified atom stereocenters. The Morgan fingerprint density at radius 1 is 1.09 bits per heavy atom. The molecule has 2 saturated heterocycles. The first-order valence-electron chi connectivity index (χ1n) is 10.5. The van der Waals surface area contributed by atoms with Gasteiger partial charge in [-0.05, 0) is 18.9 Å². The van der Waals surface area contributed by atoms with Crippen molar-refractivity contribution in [2.24, 2.45) is 0 Å². The topological polar surface area (TPSA) is 176 Å². The molecule has 1 aromatic rings. The van der Waals surface area contributed by atoms with Gasteiger partial charge in [-0.1, -0.05) is 37.3 Å². The zero-order chi connectivity index (χ0) is 25.2. The van der Waals surface area contributed by atoms with Crippen molar-refractivity contribution < 1.29 is 66.5 Å². The van der Waals surface area contributed by atoms with Crippen LogP contribution in [-0.4, -0.2) is 88.5 Å². The van der Waals surface area contributed by atoms with E-state index in [1.165, 1.54) is 17.0 Å². The van der Waals surface area contributed by atoms with Crippen LogP contribution in [0.25, 0.3) is 0 Å². The van der Waals surface area contributed by atoms with Crippen molar-refractivity contribution in [3.63, 3.8) is 0 Å². The van der Waals surface area contributed by atoms with Crippen molar-refractivity contribution in [3.05, 3.63) is 35.9 Å². The van der Waals surface area contributed by atoms with Crippen LogP contribution in [0, 0.1) is 0 Å². The number of amides is 6. The molecule has 35 heavy (non-hydrogen) atoms. The number of nitrogens with one attached hydrogen (secondary N) is 2. The molecule has 2 aliphatic rings. The van der Waals surface area contributed by atoms with Gasteiger partial charge in [-0.3, -0.25) is 24.1 Å². The van der Waals surface area contributed by atoms with Crippen LogP contribution >= 0.6 is 0 Å². The summed E-state index contributed by atoms with van der Waals surface area (Å²) in [5.41, 5.74) is 0.312. The Hall–Kier alpha value is -2.52. The molecule has 0 aromatic heterocycles. The number of urea groups is 1. The van der Waals surface area contributed by atoms with Gasteiger partial charge in [0.05, 0.1) is 12.6 Å². The fourth-order valence-electron chi connectivity index (χ4n) is 3.76. The van der Waals surface area contributed by atoms with Crippen LogP contribution in [0.1, 0.15) is 31.9 Å². The van der Waals surface area contributed by atoms with E-state index in [2.05, 4.69) is 10.6 Å². The van der Waals surface area contributed by atoms with E-state index in [9.17, 15) is 36.9 Å². The van der Waals surface area contributed by atoms with E-state index in [-0.39, 0.29) is 40.4 Å². The quantitative estimate of drug-likeness (QED) is 0.158. The second kappa shape index (κ2) is 11.5. The summed E-state index contributed by atoms with van der Waals surface area (Å²) in [5, 5.41) is 4.75. The van der Waals surface area contributed by atoms with Gasteiger partial charge in [0.2, 0.25) is 5.91 Å². The Labute approximate surface area is 224 Å². The van der Waals surface area contributed by atoms with Gasteiger partial charge in [0.25, 0.3) is 5.91 Å². The molecule has 2 N–H and O–H groups in total. The molecule has 3 rings (SSSR count). The first kappa shape index (κ1) is 28.7. The molecule has 13 nitrogen and oxygen atoms in total. The number of likely N-dealkylation sites (N-methyl/N-ethyl adjacent to an activating group) is 1. The summed E-state index contributed by atoms with van der Waals surface area (Å²) in [7, 11) is -4.98. The summed E-state index contributed by atoms with van der Waals surface area (Å²) in [6, 6.07) is 3.73. The second-order valence-electron chi connectivity index (χ2n) is 7.76. The number of carbonyl (C=O) groups is 5. The number of carbonyl (C=O) groups excluding carboxylic acids is 5. The maximum absolute atomic E-state index is 13.1. The van der Waals surface area contributed by atoms with Gasteiger partial charge in [0, 0.05) is 13.1 Å². The minimum absolute atomic E-state index is 0. The standard InChI is InChI=1S/C20H25N5O8S.Na/c1-3-13-10-23(4-2)18(28)19(29)25(13)20(30)22-15(12-8-6-5-7-9-12)16(26)21-14-11-24(17(14)27)34(31,32)33;/h5-9,13-15H,3-4,10-11H2,1-2H3,(H,21,26)(H,22,30)(H,31,32,33);/q;+1/p-1/t13-,14?,15?;/m1./s1. The number of rotatable bonds is 7. The molecule has 2 fully saturated rings. The summed E-state index contributed by atoms with van der Waals surface area (Å²) >= 11 is 0. The molecule has 15 heteroatoms. The van der Waals surface area contributed by atoms with Gasteiger partial charge >= 0.3 is 47.4 Å². The van der Waals surface area contributed by atoms with Crippen molar-refractivity contribution in [1.82, 2.24) is 24.7 Å². The summed E-state index contributed by atoms with van der Waals surface area (Å²) in [5.74, 6) is -3.80. The SMILES string of the molecule is CC[C@@H]1CN(CC)C(=O)C(=O)N1C(=O)NC(C(=O)NC1CN(S(=O)(=O)[O-])C1=O)c1ccccc1.[Na+]. The molecular formula is C20H24N5NaO8S. The molecule has 2 heterocycles. The van der Waals surface area contributed by atoms with Gasteiger partial charge in [0.15, 0.2) is 10.3 Å². The van der Waals surface area contributed by atoms with Crippen molar-refractivity contribution in [3.8, 4) is 0 Å². The van der Waals surface area contributed by atoms with Gasteiger partial charge < -0.3 is 20.1 Å². The zero-order valence-corrected chi connectivity index (χ0v) is 22.3. The monoisotopic (exact) mass is 517 g/mol. The minimum atomic E-state index is -4.98. The van der Waals surface area contributed by atoms with Crippen molar-refractivity contribution in [1.29, 1.82) is 0 Å². The van der Waals surface area contributed by atoms with Crippen molar-refractivity contribution in [2.45, 2.75) is 38.4 Å². The average molecular weight is 517 g/mol. The second-order valence-corrected chi connectivity index (χ2v) is 9.06. The van der Waals surface area contributed by atoms with Crippen LogP contribution in [0.5, 0.6) is 0 Å². The van der Waals surface area contributed by atoms with Gasteiger partial charge in [-0.15, -0.1) is 0 Å². The molecule has 6 amide bonds. The summed E-state index contributed by atoms with van der Waals surface area (Å²) in [6.07, 6.45) is 0.376. The number of benzene rings is 1. The van der Waals surface area contributed by atoms with E-state index < -0.39 is 64.6 Å². The van der Waals surface area contributed by atoms with Crippen LogP contribution < -0.4 is 40.2 Å². The molecule has 1 aromatic carbocycles. The van der Waals surface area contributed by atoms with Crippen LogP contribution in [0.3, 0.4) is 0 Å². The number of piperazine rings is 1. The van der Waals surface area contributed by atoms with E-state index in [1.54, 1.807) is 32.0 Å². The third-order valence-electron chi connectivity index (χ3n) is 5.70. The Balaban J connectivity index is 0.00000432. The predicted molar refractivity (Wildman–Crippen MR) is 114 cm³/mol. The fourth-order valence-corrected chi connectivity index (χ4v) is 4.44. The molecular weight excluding hydrogens is 493 g/mol. The van der Waals surface area contributed by atoms with E-state index in [4.69, 9.17) is 0 Å². The number of nitrogens with zero attached hydrogens (tertiary/aromatic N) is 3. The van der Waals surface area contributed by atoms with Crippen LogP contribution in [0.2, 0.25) is 0 Å². The molecule has 0 bridgehead atoms. The smallest absolute Gasteiger partial charge is 0.731 e. The Bertz CT molecular complexity index is 1120. The molecule has 0 aliphatic carbocycles. The largest absolute Gasteiger partial charge is 1.00 e. The first-order valence-corrected chi connectivity index (χ1v) is 11.9. The van der Waals surface area contributed by atoms with Crippen molar-refractivity contribution >= 4 is 40.0 Å². The third-order valence-corrected chi connectivity index (χ3v) is 6.57.